The quantitative estimate of drug-likeness (QED) is 0.759. The second-order valence-electron chi connectivity index (χ2n) is 4.60. The molecule has 0 bridgehead atoms. The summed E-state index contributed by atoms with van der Waals surface area (Å²) in [6.07, 6.45) is 0. The zero-order valence-corrected chi connectivity index (χ0v) is 15.3. The Balaban J connectivity index is 1.95. The molecular weight excluding hydrogens is 414 g/mol. The van der Waals surface area contributed by atoms with Gasteiger partial charge in [-0.1, -0.05) is 15.9 Å². The number of carbonyl (C=O) groups is 1. The summed E-state index contributed by atoms with van der Waals surface area (Å²) in [7, 11) is 1.60. The molecule has 4 nitrogen and oxygen atoms in total. The molecule has 2 aromatic rings. The van der Waals surface area contributed by atoms with Gasteiger partial charge in [-0.25, -0.2) is 0 Å². The van der Waals surface area contributed by atoms with Gasteiger partial charge in [-0.05, 0) is 64.8 Å². The molecule has 0 atom stereocenters. The van der Waals surface area contributed by atoms with E-state index in [0.29, 0.717) is 11.4 Å². The van der Waals surface area contributed by atoms with Crippen molar-refractivity contribution in [3.8, 4) is 11.5 Å². The highest BCUT2D eigenvalue weighted by Gasteiger charge is 2.10. The molecule has 0 radical (unpaired) electrons. The summed E-state index contributed by atoms with van der Waals surface area (Å²) in [6, 6.07) is 10.9. The maximum atomic E-state index is 11.9. The molecule has 0 spiro atoms. The van der Waals surface area contributed by atoms with Crippen LogP contribution in [0.5, 0.6) is 11.5 Å². The van der Waals surface area contributed by atoms with Crippen molar-refractivity contribution in [3.63, 3.8) is 0 Å². The summed E-state index contributed by atoms with van der Waals surface area (Å²) < 4.78 is 12.4. The summed E-state index contributed by atoms with van der Waals surface area (Å²) in [5.74, 6) is 1.18. The highest BCUT2D eigenvalue weighted by atomic mass is 79.9. The third-order valence-electron chi connectivity index (χ3n) is 2.92. The Morgan fingerprint density at radius 1 is 1.18 bits per heavy atom. The van der Waals surface area contributed by atoms with Crippen molar-refractivity contribution in [2.24, 2.45) is 0 Å². The van der Waals surface area contributed by atoms with Crippen molar-refractivity contribution in [1.29, 1.82) is 0 Å². The van der Waals surface area contributed by atoms with Crippen molar-refractivity contribution in [2.75, 3.05) is 19.0 Å². The highest BCUT2D eigenvalue weighted by Crippen LogP contribution is 2.32. The maximum Gasteiger partial charge on any atom is 0.262 e. The van der Waals surface area contributed by atoms with Crippen molar-refractivity contribution < 1.29 is 14.3 Å². The van der Waals surface area contributed by atoms with Crippen molar-refractivity contribution in [1.82, 2.24) is 0 Å². The van der Waals surface area contributed by atoms with Crippen molar-refractivity contribution >= 4 is 43.5 Å². The van der Waals surface area contributed by atoms with E-state index < -0.39 is 0 Å². The smallest absolute Gasteiger partial charge is 0.262 e. The molecule has 116 valence electrons. The van der Waals surface area contributed by atoms with Crippen LogP contribution in [0.3, 0.4) is 0 Å². The Hall–Kier alpha value is -1.53. The number of carbonyl (C=O) groups excluding carboxylic acids is 1. The fraction of sp³-hybridized carbons (Fsp3) is 0.188. The number of nitrogens with one attached hydrogen (secondary N) is 1. The second kappa shape index (κ2) is 7.65. The topological polar surface area (TPSA) is 47.6 Å². The first-order valence-electron chi connectivity index (χ1n) is 6.52. The molecule has 0 aliphatic heterocycles. The summed E-state index contributed by atoms with van der Waals surface area (Å²) >= 11 is 6.84. The lowest BCUT2D eigenvalue weighted by atomic mass is 10.2. The van der Waals surface area contributed by atoms with E-state index in [-0.39, 0.29) is 12.5 Å². The average Bonchev–Trinajstić information content (AvgIpc) is 2.47. The first-order valence-corrected chi connectivity index (χ1v) is 8.10. The maximum absolute atomic E-state index is 11.9. The zero-order valence-electron chi connectivity index (χ0n) is 12.2. The van der Waals surface area contributed by atoms with E-state index in [1.807, 2.05) is 19.1 Å². The molecule has 0 saturated heterocycles. The number of aryl methyl sites for hydroxylation is 1. The number of hydrogen-bond donors (Lipinski definition) is 1. The number of methoxy groups -OCH3 is 1. The van der Waals surface area contributed by atoms with Gasteiger partial charge < -0.3 is 14.8 Å². The number of rotatable bonds is 5. The fourth-order valence-corrected chi connectivity index (χ4v) is 3.43. The summed E-state index contributed by atoms with van der Waals surface area (Å²) in [4.78, 5) is 11.9. The van der Waals surface area contributed by atoms with Gasteiger partial charge in [0.2, 0.25) is 0 Å². The standard InChI is InChI=1S/C16H15Br2NO3/c1-10-7-11(17)8-14(18)16(10)22-9-15(20)19-12-3-5-13(21-2)6-4-12/h3-8H,9H2,1-2H3,(H,19,20). The monoisotopic (exact) mass is 427 g/mol. The van der Waals surface area contributed by atoms with Crippen LogP contribution in [0, 0.1) is 6.92 Å². The van der Waals surface area contributed by atoms with E-state index in [1.165, 1.54) is 0 Å². The lowest BCUT2D eigenvalue weighted by molar-refractivity contribution is -0.118. The molecule has 0 heterocycles. The number of ether oxygens (including phenoxy) is 2. The number of amides is 1. The Bertz CT molecular complexity index is 649. The van der Waals surface area contributed by atoms with E-state index in [1.54, 1.807) is 31.4 Å². The number of anilines is 1. The molecule has 1 N–H and O–H groups in total. The van der Waals surface area contributed by atoms with Crippen LogP contribution in [0.2, 0.25) is 0 Å². The van der Waals surface area contributed by atoms with Gasteiger partial charge in [0.05, 0.1) is 11.6 Å². The minimum atomic E-state index is -0.223. The van der Waals surface area contributed by atoms with Gasteiger partial charge in [-0.2, -0.15) is 0 Å². The molecule has 0 aliphatic rings. The van der Waals surface area contributed by atoms with E-state index in [0.717, 1.165) is 20.3 Å². The summed E-state index contributed by atoms with van der Waals surface area (Å²) in [5, 5.41) is 2.77. The van der Waals surface area contributed by atoms with Gasteiger partial charge in [0.1, 0.15) is 11.5 Å². The first kappa shape index (κ1) is 16.8. The lowest BCUT2D eigenvalue weighted by Crippen LogP contribution is -2.20. The Kier molecular flexibility index (Phi) is 5.85. The molecule has 0 aliphatic carbocycles. The van der Waals surface area contributed by atoms with Crippen LogP contribution < -0.4 is 14.8 Å². The van der Waals surface area contributed by atoms with Gasteiger partial charge in [0, 0.05) is 10.2 Å². The molecule has 0 saturated carbocycles. The minimum Gasteiger partial charge on any atom is -0.497 e. The lowest BCUT2D eigenvalue weighted by Gasteiger charge is -2.12. The van der Waals surface area contributed by atoms with E-state index >= 15 is 0 Å². The van der Waals surface area contributed by atoms with Crippen molar-refractivity contribution in [3.05, 3.63) is 50.9 Å². The first-order chi connectivity index (χ1) is 10.5. The van der Waals surface area contributed by atoms with Crippen LogP contribution in [0.25, 0.3) is 0 Å². The van der Waals surface area contributed by atoms with Crippen LogP contribution in [0.4, 0.5) is 5.69 Å². The highest BCUT2D eigenvalue weighted by molar-refractivity contribution is 9.11. The molecule has 0 unspecified atom stereocenters. The van der Waals surface area contributed by atoms with Crippen LogP contribution in [-0.4, -0.2) is 19.6 Å². The SMILES string of the molecule is COc1ccc(NC(=O)COc2c(C)cc(Br)cc2Br)cc1. The van der Waals surface area contributed by atoms with Gasteiger partial charge >= 0.3 is 0 Å². The van der Waals surface area contributed by atoms with Gasteiger partial charge in [-0.3, -0.25) is 4.79 Å². The number of hydrogen-bond acceptors (Lipinski definition) is 3. The third-order valence-corrected chi connectivity index (χ3v) is 3.96. The largest absolute Gasteiger partial charge is 0.497 e. The Labute approximate surface area is 146 Å². The molecule has 1 amide bonds. The van der Waals surface area contributed by atoms with Crippen LogP contribution in [0.1, 0.15) is 5.56 Å². The summed E-state index contributed by atoms with van der Waals surface area (Å²) in [5.41, 5.74) is 1.64. The van der Waals surface area contributed by atoms with Crippen LogP contribution >= 0.6 is 31.9 Å². The normalized spacial score (nSPS) is 10.2. The Morgan fingerprint density at radius 2 is 1.86 bits per heavy atom. The van der Waals surface area contributed by atoms with E-state index in [9.17, 15) is 4.79 Å². The second-order valence-corrected chi connectivity index (χ2v) is 6.37. The molecule has 22 heavy (non-hydrogen) atoms. The van der Waals surface area contributed by atoms with Gasteiger partial charge in [0.25, 0.3) is 5.91 Å². The van der Waals surface area contributed by atoms with Crippen molar-refractivity contribution in [2.45, 2.75) is 6.92 Å². The molecule has 0 fully saturated rings. The predicted molar refractivity (Wildman–Crippen MR) is 93.7 cm³/mol. The van der Waals surface area contributed by atoms with Crippen LogP contribution in [-0.2, 0) is 4.79 Å². The molecule has 0 aromatic heterocycles. The van der Waals surface area contributed by atoms with E-state index in [2.05, 4.69) is 37.2 Å². The van der Waals surface area contributed by atoms with Gasteiger partial charge in [-0.15, -0.1) is 0 Å². The van der Waals surface area contributed by atoms with E-state index in [4.69, 9.17) is 9.47 Å². The predicted octanol–water partition coefficient (Wildman–Crippen LogP) is 4.55. The molecular formula is C16H15Br2NO3. The fourth-order valence-electron chi connectivity index (χ4n) is 1.88. The van der Waals surface area contributed by atoms with Crippen LogP contribution in [0.15, 0.2) is 45.3 Å². The number of benzene rings is 2. The average molecular weight is 429 g/mol. The third kappa shape index (κ3) is 4.48. The Morgan fingerprint density at radius 3 is 2.45 bits per heavy atom. The minimum absolute atomic E-state index is 0.0624. The number of halogens is 2. The molecule has 2 aromatic carbocycles. The van der Waals surface area contributed by atoms with Gasteiger partial charge in [0.15, 0.2) is 6.61 Å². The molecule has 2 rings (SSSR count). The molecule has 6 heteroatoms. The zero-order chi connectivity index (χ0) is 16.1. The summed E-state index contributed by atoms with van der Waals surface area (Å²) in [6.45, 7) is 1.86.